The number of fused-ring (bicyclic) bond motifs is 1. The predicted molar refractivity (Wildman–Crippen MR) is 68.0 cm³/mol. The molecule has 0 saturated carbocycles. The van der Waals surface area contributed by atoms with E-state index in [2.05, 4.69) is 47.0 Å². The zero-order chi connectivity index (χ0) is 11.0. The first-order valence-corrected chi connectivity index (χ1v) is 6.13. The van der Waals surface area contributed by atoms with Crippen molar-refractivity contribution in [1.29, 1.82) is 0 Å². The average Bonchev–Trinajstić information content (AvgIpc) is 2.76. The lowest BCUT2D eigenvalue weighted by atomic mass is 10.3. The van der Waals surface area contributed by atoms with Crippen molar-refractivity contribution in [2.24, 2.45) is 0 Å². The van der Waals surface area contributed by atoms with E-state index in [9.17, 15) is 0 Å². The molecule has 0 amide bonds. The lowest BCUT2D eigenvalue weighted by molar-refractivity contribution is 0.555. The van der Waals surface area contributed by atoms with Gasteiger partial charge in [0.25, 0.3) is 0 Å². The van der Waals surface area contributed by atoms with E-state index >= 15 is 0 Å². The maximum absolute atomic E-state index is 4.34. The van der Waals surface area contributed by atoms with Crippen LogP contribution in [-0.2, 0) is 13.1 Å². The van der Waals surface area contributed by atoms with Gasteiger partial charge in [0.2, 0.25) is 0 Å². The van der Waals surface area contributed by atoms with Gasteiger partial charge in [-0.3, -0.25) is 0 Å². The lowest BCUT2D eigenvalue weighted by Crippen LogP contribution is -2.34. The normalized spacial score (nSPS) is 14.9. The van der Waals surface area contributed by atoms with E-state index in [0.717, 1.165) is 34.8 Å². The Labute approximate surface area is 107 Å². The molecule has 0 bridgehead atoms. The number of aromatic nitrogens is 4. The summed E-state index contributed by atoms with van der Waals surface area (Å²) in [5.41, 5.74) is 0. The van der Waals surface area contributed by atoms with E-state index in [-0.39, 0.29) is 0 Å². The van der Waals surface area contributed by atoms with Crippen LogP contribution in [0, 0.1) is 3.57 Å². The lowest BCUT2D eigenvalue weighted by Gasteiger charge is -2.28. The molecule has 0 fully saturated rings. The highest BCUT2D eigenvalue weighted by molar-refractivity contribution is 14.1. The number of rotatable bonds is 1. The summed E-state index contributed by atoms with van der Waals surface area (Å²) in [6.07, 6.45) is 7.31. The summed E-state index contributed by atoms with van der Waals surface area (Å²) in [5, 5.41) is 0. The van der Waals surface area contributed by atoms with E-state index in [1.54, 1.807) is 6.33 Å². The monoisotopic (exact) mass is 327 g/mol. The molecule has 3 rings (SSSR count). The molecule has 0 aromatic carbocycles. The smallest absolute Gasteiger partial charge is 0.145 e. The molecule has 1 aliphatic rings. The van der Waals surface area contributed by atoms with E-state index < -0.39 is 0 Å². The first kappa shape index (κ1) is 10.0. The third-order valence-corrected chi connectivity index (χ3v) is 3.45. The fraction of sp³-hybridized carbons (Fsp3) is 0.300. The van der Waals surface area contributed by atoms with Gasteiger partial charge in [-0.25, -0.2) is 15.0 Å². The molecular weight excluding hydrogens is 317 g/mol. The van der Waals surface area contributed by atoms with Crippen molar-refractivity contribution in [3.63, 3.8) is 0 Å². The van der Waals surface area contributed by atoms with Crippen LogP contribution >= 0.6 is 22.6 Å². The molecule has 2 aromatic rings. The van der Waals surface area contributed by atoms with Gasteiger partial charge in [0.05, 0.1) is 10.1 Å². The third-order valence-electron chi connectivity index (χ3n) is 2.69. The number of imidazole rings is 1. The maximum atomic E-state index is 4.34. The Bertz CT molecular complexity index is 509. The molecule has 82 valence electrons. The summed E-state index contributed by atoms with van der Waals surface area (Å²) in [6, 6.07) is 0. The number of halogens is 1. The highest BCUT2D eigenvalue weighted by Gasteiger charge is 2.19. The summed E-state index contributed by atoms with van der Waals surface area (Å²) in [4.78, 5) is 14.9. The summed E-state index contributed by atoms with van der Waals surface area (Å²) >= 11 is 2.27. The van der Waals surface area contributed by atoms with Crippen molar-refractivity contribution in [1.82, 2.24) is 19.5 Å². The molecule has 16 heavy (non-hydrogen) atoms. The van der Waals surface area contributed by atoms with Gasteiger partial charge >= 0.3 is 0 Å². The van der Waals surface area contributed by atoms with Crippen molar-refractivity contribution in [3.05, 3.63) is 34.3 Å². The van der Waals surface area contributed by atoms with E-state index in [4.69, 9.17) is 0 Å². The van der Waals surface area contributed by atoms with Crippen LogP contribution in [0.25, 0.3) is 0 Å². The Kier molecular flexibility index (Phi) is 2.50. The Hall–Kier alpha value is -1.18. The Morgan fingerprint density at radius 3 is 3.06 bits per heavy atom. The van der Waals surface area contributed by atoms with Crippen LogP contribution in [0.4, 0.5) is 5.82 Å². The quantitative estimate of drug-likeness (QED) is 0.741. The maximum Gasteiger partial charge on any atom is 0.145 e. The van der Waals surface area contributed by atoms with Crippen molar-refractivity contribution >= 4 is 28.4 Å². The molecule has 1 aliphatic heterocycles. The van der Waals surface area contributed by atoms with Crippen molar-refractivity contribution in [2.45, 2.75) is 13.1 Å². The molecule has 0 N–H and O–H groups in total. The highest BCUT2D eigenvalue weighted by atomic mass is 127. The first-order valence-electron chi connectivity index (χ1n) is 5.05. The van der Waals surface area contributed by atoms with Crippen LogP contribution in [0.1, 0.15) is 5.82 Å². The zero-order valence-electron chi connectivity index (χ0n) is 8.54. The Balaban J connectivity index is 1.92. The number of hydrogen-bond acceptors (Lipinski definition) is 4. The van der Waals surface area contributed by atoms with E-state index in [1.807, 2.05) is 18.6 Å². The van der Waals surface area contributed by atoms with Gasteiger partial charge in [-0.2, -0.15) is 0 Å². The summed E-state index contributed by atoms with van der Waals surface area (Å²) in [6.45, 7) is 2.76. The van der Waals surface area contributed by atoms with Gasteiger partial charge in [-0.15, -0.1) is 0 Å². The van der Waals surface area contributed by atoms with Crippen molar-refractivity contribution in [3.8, 4) is 0 Å². The minimum Gasteiger partial charge on any atom is -0.346 e. The molecule has 2 aromatic heterocycles. The molecule has 6 heteroatoms. The second-order valence-corrected chi connectivity index (χ2v) is 4.81. The molecule has 0 aliphatic carbocycles. The van der Waals surface area contributed by atoms with Crippen LogP contribution in [0.3, 0.4) is 0 Å². The number of anilines is 1. The molecule has 0 atom stereocenters. The van der Waals surface area contributed by atoms with Gasteiger partial charge in [-0.1, -0.05) is 0 Å². The highest BCUT2D eigenvalue weighted by Crippen LogP contribution is 2.22. The summed E-state index contributed by atoms with van der Waals surface area (Å²) < 4.78 is 3.27. The van der Waals surface area contributed by atoms with Crippen molar-refractivity contribution in [2.75, 3.05) is 11.4 Å². The minimum absolute atomic E-state index is 0.819. The molecular formula is C10H10IN5. The second kappa shape index (κ2) is 4.00. The van der Waals surface area contributed by atoms with Crippen LogP contribution in [0.2, 0.25) is 0 Å². The third kappa shape index (κ3) is 1.66. The molecule has 0 radical (unpaired) electrons. The first-order chi connectivity index (χ1) is 7.84. The fourth-order valence-corrected chi connectivity index (χ4v) is 2.53. The Morgan fingerprint density at radius 2 is 2.19 bits per heavy atom. The zero-order valence-corrected chi connectivity index (χ0v) is 10.7. The minimum atomic E-state index is 0.819. The van der Waals surface area contributed by atoms with Crippen LogP contribution < -0.4 is 4.90 Å². The average molecular weight is 327 g/mol. The van der Waals surface area contributed by atoms with Gasteiger partial charge in [0.15, 0.2) is 0 Å². The fourth-order valence-electron chi connectivity index (χ4n) is 1.89. The Morgan fingerprint density at radius 1 is 1.25 bits per heavy atom. The van der Waals surface area contributed by atoms with Gasteiger partial charge < -0.3 is 9.47 Å². The molecule has 0 unspecified atom stereocenters. The van der Waals surface area contributed by atoms with Crippen LogP contribution in [-0.4, -0.2) is 26.1 Å². The SMILES string of the molecule is Ic1cncnc1N1CCn2ccnc2C1. The topological polar surface area (TPSA) is 46.8 Å². The number of nitrogens with zero attached hydrogens (tertiary/aromatic N) is 5. The van der Waals surface area contributed by atoms with E-state index in [0.29, 0.717) is 0 Å². The van der Waals surface area contributed by atoms with Gasteiger partial charge in [0, 0.05) is 31.7 Å². The number of hydrogen-bond donors (Lipinski definition) is 0. The molecule has 5 nitrogen and oxygen atoms in total. The molecule has 3 heterocycles. The van der Waals surface area contributed by atoms with E-state index in [1.165, 1.54) is 0 Å². The molecule has 0 saturated heterocycles. The summed E-state index contributed by atoms with van der Waals surface area (Å²) in [5.74, 6) is 2.10. The second-order valence-electron chi connectivity index (χ2n) is 3.65. The van der Waals surface area contributed by atoms with Crippen molar-refractivity contribution < 1.29 is 0 Å². The molecule has 0 spiro atoms. The van der Waals surface area contributed by atoms with Gasteiger partial charge in [-0.05, 0) is 22.6 Å². The summed E-state index contributed by atoms with van der Waals surface area (Å²) in [7, 11) is 0. The largest absolute Gasteiger partial charge is 0.346 e. The van der Waals surface area contributed by atoms with Gasteiger partial charge in [0.1, 0.15) is 18.0 Å². The predicted octanol–water partition coefficient (Wildman–Crippen LogP) is 1.30. The standard InChI is InChI=1S/C10H10IN5/c11-8-5-12-7-14-10(8)16-4-3-15-2-1-13-9(15)6-16/h1-2,5,7H,3-4,6H2. The van der Waals surface area contributed by atoms with Crippen LogP contribution in [0.5, 0.6) is 0 Å². The van der Waals surface area contributed by atoms with Crippen LogP contribution in [0.15, 0.2) is 24.9 Å².